The second kappa shape index (κ2) is 15.2. The minimum atomic E-state index is -1.08. The van der Waals surface area contributed by atoms with Crippen LogP contribution in [0.4, 0.5) is 5.69 Å². The molecular weight excluding hydrogens is 741 g/mol. The lowest BCUT2D eigenvalue weighted by atomic mass is 9.97. The number of methoxy groups -OCH3 is 2. The van der Waals surface area contributed by atoms with Crippen molar-refractivity contribution in [2.24, 2.45) is 0 Å². The summed E-state index contributed by atoms with van der Waals surface area (Å²) in [6.07, 6.45) is 2.69. The smallest absolute Gasteiger partial charge is 0.352 e. The van der Waals surface area contributed by atoms with Crippen LogP contribution in [0.2, 0.25) is 10.0 Å². The number of carbonyl (C=O) groups is 2. The number of carbonyl (C=O) groups excluding carboxylic acids is 1. The molecule has 55 heavy (non-hydrogen) atoms. The number of amides is 1. The average molecular weight is 785 g/mol. The molecule has 0 saturated heterocycles. The number of carboxylic acids is 1. The van der Waals surface area contributed by atoms with Crippen molar-refractivity contribution >= 4 is 62.6 Å². The Labute approximate surface area is 329 Å². The van der Waals surface area contributed by atoms with E-state index in [1.54, 1.807) is 48.2 Å². The normalized spacial score (nSPS) is 14.2. The van der Waals surface area contributed by atoms with Crippen LogP contribution in [0.3, 0.4) is 0 Å². The molecule has 0 aliphatic carbocycles. The third-order valence-corrected chi connectivity index (χ3v) is 11.4. The number of rotatable bonds is 12. The first kappa shape index (κ1) is 38.2. The van der Waals surface area contributed by atoms with Gasteiger partial charge in [0.25, 0.3) is 5.91 Å². The molecule has 1 aliphatic heterocycles. The Morgan fingerprint density at radius 1 is 0.927 bits per heavy atom. The molecule has 1 atom stereocenters. The molecule has 1 aliphatic rings. The molecule has 0 saturated carbocycles. The Balaban J connectivity index is 1.41. The first-order valence-electron chi connectivity index (χ1n) is 18.1. The molecule has 7 rings (SSSR count). The maximum atomic E-state index is 15.3. The molecule has 3 aromatic heterocycles. The maximum absolute atomic E-state index is 15.3. The summed E-state index contributed by atoms with van der Waals surface area (Å²) in [5.41, 5.74) is 8.56. The second-order valence-corrected chi connectivity index (χ2v) is 14.9. The van der Waals surface area contributed by atoms with Crippen LogP contribution < -0.4 is 14.4 Å². The van der Waals surface area contributed by atoms with Gasteiger partial charge in [0.2, 0.25) is 0 Å². The van der Waals surface area contributed by atoms with E-state index in [2.05, 4.69) is 21.5 Å². The standard InChI is InChI=1S/C42H43Cl2N5O6/c1-22-15-29(16-23(2)37(22)44)55-13-8-9-30-31-10-11-32(43)36(35-25(4)45-21-46-26(35)5)39(31)49-24(3)20-48(41(50)40(30)49)33-19-28(54-7)17-27-18-34(42(51)52)47(38(27)33)12-14-53-6/h10-11,15-19,21,24H,8-9,12-14,20H2,1-7H3,(H,51,52). The van der Waals surface area contributed by atoms with Gasteiger partial charge in [0.1, 0.15) is 29.2 Å². The number of halogens is 2. The summed E-state index contributed by atoms with van der Waals surface area (Å²) in [5.74, 6) is -0.0599. The zero-order valence-electron chi connectivity index (χ0n) is 31.9. The van der Waals surface area contributed by atoms with Crippen LogP contribution in [0.5, 0.6) is 11.5 Å². The van der Waals surface area contributed by atoms with Gasteiger partial charge in [-0.25, -0.2) is 14.8 Å². The van der Waals surface area contributed by atoms with Gasteiger partial charge in [0.15, 0.2) is 0 Å². The topological polar surface area (TPSA) is 121 Å². The quantitative estimate of drug-likeness (QED) is 0.122. The highest BCUT2D eigenvalue weighted by Crippen LogP contribution is 2.46. The molecule has 0 spiro atoms. The summed E-state index contributed by atoms with van der Waals surface area (Å²) < 4.78 is 21.1. The monoisotopic (exact) mass is 783 g/mol. The van der Waals surface area contributed by atoms with Crippen LogP contribution in [-0.2, 0) is 17.7 Å². The van der Waals surface area contributed by atoms with Gasteiger partial charge in [0.05, 0.1) is 42.1 Å². The van der Waals surface area contributed by atoms with E-state index in [4.69, 9.17) is 37.4 Å². The number of hydrogen-bond acceptors (Lipinski definition) is 7. The van der Waals surface area contributed by atoms with E-state index in [0.717, 1.165) is 60.9 Å². The number of ether oxygens (including phenoxy) is 3. The van der Waals surface area contributed by atoms with Gasteiger partial charge in [0, 0.05) is 70.6 Å². The van der Waals surface area contributed by atoms with E-state index in [9.17, 15) is 9.90 Å². The lowest BCUT2D eigenvalue weighted by Crippen LogP contribution is -2.43. The predicted octanol–water partition coefficient (Wildman–Crippen LogP) is 9.18. The number of nitrogens with zero attached hydrogens (tertiary/aromatic N) is 5. The number of aryl methyl sites for hydroxylation is 5. The molecule has 0 radical (unpaired) electrons. The highest BCUT2D eigenvalue weighted by Gasteiger charge is 2.38. The summed E-state index contributed by atoms with van der Waals surface area (Å²) in [5, 5.41) is 13.0. The third-order valence-electron chi connectivity index (χ3n) is 10.5. The van der Waals surface area contributed by atoms with Crippen LogP contribution in [0.25, 0.3) is 32.9 Å². The van der Waals surface area contributed by atoms with E-state index < -0.39 is 5.97 Å². The summed E-state index contributed by atoms with van der Waals surface area (Å²) in [6.45, 7) is 11.1. The predicted molar refractivity (Wildman–Crippen MR) is 216 cm³/mol. The second-order valence-electron chi connectivity index (χ2n) is 14.1. The van der Waals surface area contributed by atoms with Crippen LogP contribution in [-0.4, -0.2) is 70.1 Å². The van der Waals surface area contributed by atoms with Gasteiger partial charge in [-0.15, -0.1) is 0 Å². The fourth-order valence-electron chi connectivity index (χ4n) is 8.04. The van der Waals surface area contributed by atoms with Crippen molar-refractivity contribution in [3.63, 3.8) is 0 Å². The fraction of sp³-hybridized carbons (Fsp3) is 0.333. The van der Waals surface area contributed by atoms with E-state index in [1.807, 2.05) is 52.0 Å². The van der Waals surface area contributed by atoms with Gasteiger partial charge in [-0.3, -0.25) is 4.79 Å². The van der Waals surface area contributed by atoms with Crippen molar-refractivity contribution < 1.29 is 28.9 Å². The molecule has 1 unspecified atom stereocenters. The van der Waals surface area contributed by atoms with Gasteiger partial charge in [-0.2, -0.15) is 0 Å². The van der Waals surface area contributed by atoms with E-state index in [-0.39, 0.29) is 30.8 Å². The van der Waals surface area contributed by atoms with E-state index in [0.29, 0.717) is 59.0 Å². The number of hydrogen-bond donors (Lipinski definition) is 1. The molecule has 4 heterocycles. The van der Waals surface area contributed by atoms with Crippen molar-refractivity contribution in [3.8, 4) is 22.6 Å². The number of aromatic carboxylic acids is 1. The zero-order valence-corrected chi connectivity index (χ0v) is 33.4. The molecule has 286 valence electrons. The number of carboxylic acid groups (broad SMARTS) is 1. The fourth-order valence-corrected chi connectivity index (χ4v) is 8.39. The molecule has 1 N–H and O–H groups in total. The Bertz CT molecular complexity index is 2460. The van der Waals surface area contributed by atoms with Crippen molar-refractivity contribution in [1.29, 1.82) is 0 Å². The van der Waals surface area contributed by atoms with Crippen molar-refractivity contribution in [1.82, 2.24) is 19.1 Å². The van der Waals surface area contributed by atoms with Crippen LogP contribution in [0.1, 0.15) is 68.4 Å². The lowest BCUT2D eigenvalue weighted by Gasteiger charge is -2.35. The largest absolute Gasteiger partial charge is 0.497 e. The highest BCUT2D eigenvalue weighted by atomic mass is 35.5. The number of fused-ring (bicyclic) bond motifs is 4. The summed E-state index contributed by atoms with van der Waals surface area (Å²) in [4.78, 5) is 38.6. The van der Waals surface area contributed by atoms with Crippen LogP contribution in [0, 0.1) is 27.7 Å². The first-order chi connectivity index (χ1) is 26.4. The first-order valence-corrected chi connectivity index (χ1v) is 18.9. The molecule has 11 nitrogen and oxygen atoms in total. The lowest BCUT2D eigenvalue weighted by molar-refractivity contribution is 0.0683. The Morgan fingerprint density at radius 3 is 2.29 bits per heavy atom. The van der Waals surface area contributed by atoms with Gasteiger partial charge in [-0.1, -0.05) is 29.3 Å². The summed E-state index contributed by atoms with van der Waals surface area (Å²) in [6, 6.07) is 12.7. The molecule has 6 aromatic rings. The van der Waals surface area contributed by atoms with Gasteiger partial charge in [-0.05, 0) is 94.5 Å². The molecule has 13 heteroatoms. The van der Waals surface area contributed by atoms with Gasteiger partial charge >= 0.3 is 5.97 Å². The Morgan fingerprint density at radius 2 is 1.64 bits per heavy atom. The van der Waals surface area contributed by atoms with Crippen molar-refractivity contribution in [2.75, 3.05) is 38.9 Å². The zero-order chi connectivity index (χ0) is 39.3. The highest BCUT2D eigenvalue weighted by molar-refractivity contribution is 6.35. The molecule has 0 fully saturated rings. The maximum Gasteiger partial charge on any atom is 0.352 e. The summed E-state index contributed by atoms with van der Waals surface area (Å²) in [7, 11) is 3.12. The Hall–Kier alpha value is -5.10. The van der Waals surface area contributed by atoms with Gasteiger partial charge < -0.3 is 33.4 Å². The molecule has 0 bridgehead atoms. The molecular formula is C42H43Cl2N5O6. The SMILES string of the molecule is COCCn1c(C(=O)O)cc2cc(OC)cc(N3CC(C)n4c(c(CCCOc5cc(C)c(Cl)c(C)c5)c5ccc(Cl)c(-c6c(C)ncnc6C)c54)C3=O)c21. The van der Waals surface area contributed by atoms with E-state index in [1.165, 1.54) is 0 Å². The van der Waals surface area contributed by atoms with Crippen molar-refractivity contribution in [2.45, 2.75) is 60.0 Å². The number of benzene rings is 3. The molecule has 1 amide bonds. The van der Waals surface area contributed by atoms with Crippen LogP contribution in [0.15, 0.2) is 48.8 Å². The summed E-state index contributed by atoms with van der Waals surface area (Å²) >= 11 is 13.5. The number of aromatic nitrogens is 4. The minimum absolute atomic E-state index is 0.0926. The minimum Gasteiger partial charge on any atom is -0.497 e. The average Bonchev–Trinajstić information content (AvgIpc) is 3.69. The third kappa shape index (κ3) is 6.68. The molecule has 3 aromatic carbocycles. The Kier molecular flexibility index (Phi) is 10.6. The van der Waals surface area contributed by atoms with Crippen LogP contribution >= 0.6 is 23.2 Å². The number of anilines is 1. The van der Waals surface area contributed by atoms with E-state index >= 15 is 4.79 Å². The van der Waals surface area contributed by atoms with Crippen molar-refractivity contribution in [3.05, 3.63) is 98.3 Å².